The number of hydrogen-bond acceptors (Lipinski definition) is 5. The molecule has 66 heavy (non-hydrogen) atoms. The van der Waals surface area contributed by atoms with E-state index < -0.39 is 0 Å². The van der Waals surface area contributed by atoms with Gasteiger partial charge in [-0.05, 0) is 75.8 Å². The topological polar surface area (TPSA) is 71.8 Å². The highest BCUT2D eigenvalue weighted by Crippen LogP contribution is 2.44. The summed E-state index contributed by atoms with van der Waals surface area (Å²) >= 11 is 1.80. The van der Waals surface area contributed by atoms with Crippen LogP contribution in [0.1, 0.15) is 5.56 Å². The van der Waals surface area contributed by atoms with Gasteiger partial charge >= 0.3 is 0 Å². The van der Waals surface area contributed by atoms with Crippen LogP contribution in [0.2, 0.25) is 0 Å². The Kier molecular flexibility index (Phi) is 9.35. The van der Waals surface area contributed by atoms with Crippen LogP contribution in [0.3, 0.4) is 0 Å². The number of thiophene rings is 1. The SMILES string of the molecule is [C-]#[N+]c1ccccc1-c1ccc2c3ccc(-c4ccccc4C#N)cc3n(-c3ccc(-c4cccc5sc6ccccc6c45)cc3-c3nc(-c4ccccc4)nc(-c4ccccc4)n3)c2c1. The Morgan fingerprint density at radius 1 is 0.439 bits per heavy atom. The summed E-state index contributed by atoms with van der Waals surface area (Å²) < 4.78 is 4.77. The van der Waals surface area contributed by atoms with E-state index in [0.717, 1.165) is 77.6 Å². The van der Waals surface area contributed by atoms with Crippen molar-refractivity contribution in [3.63, 3.8) is 0 Å². The van der Waals surface area contributed by atoms with E-state index in [9.17, 15) is 5.26 Å². The Labute approximate surface area is 384 Å². The third-order valence-electron chi connectivity index (χ3n) is 12.4. The van der Waals surface area contributed by atoms with Gasteiger partial charge in [-0.25, -0.2) is 19.8 Å². The summed E-state index contributed by atoms with van der Waals surface area (Å²) in [5, 5.41) is 14.8. The van der Waals surface area contributed by atoms with Crippen molar-refractivity contribution >= 4 is 59.0 Å². The molecule has 7 heteroatoms. The maximum atomic E-state index is 10.2. The molecule has 3 aromatic heterocycles. The Morgan fingerprint density at radius 3 is 1.68 bits per heavy atom. The number of para-hydroxylation sites is 1. The van der Waals surface area contributed by atoms with Gasteiger partial charge in [0.1, 0.15) is 0 Å². The predicted octanol–water partition coefficient (Wildman–Crippen LogP) is 15.8. The second-order valence-electron chi connectivity index (χ2n) is 16.1. The van der Waals surface area contributed by atoms with Gasteiger partial charge in [-0.15, -0.1) is 11.3 Å². The first-order valence-corrected chi connectivity index (χ1v) is 22.4. The lowest BCUT2D eigenvalue weighted by Gasteiger charge is -2.17. The van der Waals surface area contributed by atoms with Gasteiger partial charge in [-0.3, -0.25) is 0 Å². The van der Waals surface area contributed by atoms with E-state index in [-0.39, 0.29) is 0 Å². The molecule has 0 aliphatic rings. The molecule has 306 valence electrons. The number of benzene rings is 9. The molecular weight excluding hydrogens is 825 g/mol. The maximum absolute atomic E-state index is 10.2. The molecular formula is C59H34N6S. The molecule has 0 N–H and O–H groups in total. The highest BCUT2D eigenvalue weighted by molar-refractivity contribution is 7.25. The van der Waals surface area contributed by atoms with Crippen LogP contribution >= 0.6 is 11.3 Å². The minimum Gasteiger partial charge on any atom is -0.308 e. The van der Waals surface area contributed by atoms with Crippen LogP contribution in [-0.2, 0) is 0 Å². The fourth-order valence-corrected chi connectivity index (χ4v) is 10.4. The van der Waals surface area contributed by atoms with Crippen molar-refractivity contribution in [2.45, 2.75) is 0 Å². The first-order chi connectivity index (χ1) is 32.6. The molecule has 0 saturated heterocycles. The normalized spacial score (nSPS) is 11.3. The summed E-state index contributed by atoms with van der Waals surface area (Å²) in [6.45, 7) is 8.04. The molecule has 0 bridgehead atoms. The van der Waals surface area contributed by atoms with Crippen molar-refractivity contribution in [2.24, 2.45) is 0 Å². The Bertz CT molecular complexity index is 3790. The first kappa shape index (κ1) is 38.6. The van der Waals surface area contributed by atoms with Gasteiger partial charge in [0.2, 0.25) is 0 Å². The molecule has 12 aromatic rings. The van der Waals surface area contributed by atoms with E-state index in [1.807, 2.05) is 109 Å². The van der Waals surface area contributed by atoms with Crippen LogP contribution in [0.5, 0.6) is 0 Å². The van der Waals surface area contributed by atoms with Gasteiger partial charge < -0.3 is 4.57 Å². The number of rotatable bonds is 7. The molecule has 0 aliphatic heterocycles. The van der Waals surface area contributed by atoms with Gasteiger partial charge in [-0.2, -0.15) is 5.26 Å². The monoisotopic (exact) mass is 858 g/mol. The van der Waals surface area contributed by atoms with Crippen LogP contribution in [0, 0.1) is 17.9 Å². The van der Waals surface area contributed by atoms with E-state index in [0.29, 0.717) is 28.7 Å². The highest BCUT2D eigenvalue weighted by atomic mass is 32.1. The number of nitriles is 1. The molecule has 6 nitrogen and oxygen atoms in total. The Balaban J connectivity index is 1.21. The van der Waals surface area contributed by atoms with E-state index in [1.54, 1.807) is 11.3 Å². The summed E-state index contributed by atoms with van der Waals surface area (Å²) in [6, 6.07) is 72.7. The summed E-state index contributed by atoms with van der Waals surface area (Å²) in [5.74, 6) is 1.66. The largest absolute Gasteiger partial charge is 0.308 e. The molecule has 9 aromatic carbocycles. The zero-order chi connectivity index (χ0) is 44.1. The maximum Gasteiger partial charge on any atom is 0.194 e. The Morgan fingerprint density at radius 2 is 0.985 bits per heavy atom. The second-order valence-corrected chi connectivity index (χ2v) is 17.2. The van der Waals surface area contributed by atoms with Gasteiger partial charge in [0.15, 0.2) is 23.2 Å². The standard InChI is InChI=1S/C59H34N6S/c1-61-50-24-12-10-21-44(50)41-28-31-47-46-30-27-40(43-20-9-8-19-42(43)36-60)34-52(46)65(53(47)35-41)51-32-29-39(45-23-14-26-55-56(45)48-22-11-13-25-54(48)66-55)33-49(51)59-63-57(37-15-4-2-5-16-37)62-58(64-59)38-17-6-3-7-18-38/h2-35H. The van der Waals surface area contributed by atoms with Gasteiger partial charge in [0, 0.05) is 47.6 Å². The Hall–Kier alpha value is -9.01. The van der Waals surface area contributed by atoms with Crippen molar-refractivity contribution in [1.82, 2.24) is 19.5 Å². The third kappa shape index (κ3) is 6.50. The minimum absolute atomic E-state index is 0.525. The molecule has 0 aliphatic carbocycles. The lowest BCUT2D eigenvalue weighted by atomic mass is 9.96. The first-order valence-electron chi connectivity index (χ1n) is 21.6. The van der Waals surface area contributed by atoms with Crippen LogP contribution in [0.15, 0.2) is 206 Å². The molecule has 0 fully saturated rings. The minimum atomic E-state index is 0.525. The van der Waals surface area contributed by atoms with E-state index in [2.05, 4.69) is 113 Å². The summed E-state index contributed by atoms with van der Waals surface area (Å²) in [6.07, 6.45) is 0. The third-order valence-corrected chi connectivity index (χ3v) is 13.5. The fraction of sp³-hybridized carbons (Fsp3) is 0. The smallest absolute Gasteiger partial charge is 0.194 e. The van der Waals surface area contributed by atoms with Crippen molar-refractivity contribution in [2.75, 3.05) is 0 Å². The molecule has 3 heterocycles. The van der Waals surface area contributed by atoms with Crippen molar-refractivity contribution in [1.29, 1.82) is 5.26 Å². The van der Waals surface area contributed by atoms with Crippen LogP contribution in [0.4, 0.5) is 5.69 Å². The molecule has 0 amide bonds. The highest BCUT2D eigenvalue weighted by Gasteiger charge is 2.23. The average molecular weight is 859 g/mol. The van der Waals surface area contributed by atoms with Gasteiger partial charge in [0.25, 0.3) is 0 Å². The summed E-state index contributed by atoms with van der Waals surface area (Å²) in [5.41, 5.74) is 12.3. The lowest BCUT2D eigenvalue weighted by Crippen LogP contribution is -2.04. The quantitative estimate of drug-likeness (QED) is 0.150. The van der Waals surface area contributed by atoms with E-state index in [4.69, 9.17) is 21.5 Å². The van der Waals surface area contributed by atoms with Crippen LogP contribution in [-0.4, -0.2) is 19.5 Å². The van der Waals surface area contributed by atoms with Crippen molar-refractivity contribution in [3.8, 4) is 79.3 Å². The zero-order valence-electron chi connectivity index (χ0n) is 35.2. The van der Waals surface area contributed by atoms with E-state index in [1.165, 1.54) is 20.2 Å². The van der Waals surface area contributed by atoms with E-state index >= 15 is 0 Å². The molecule has 0 atom stereocenters. The lowest BCUT2D eigenvalue weighted by molar-refractivity contribution is 1.06. The second kappa shape index (κ2) is 16.0. The molecule has 0 saturated carbocycles. The van der Waals surface area contributed by atoms with Crippen molar-refractivity contribution < 1.29 is 0 Å². The number of aromatic nitrogens is 4. The van der Waals surface area contributed by atoms with Crippen LogP contribution < -0.4 is 0 Å². The molecule has 12 rings (SSSR count). The van der Waals surface area contributed by atoms with Crippen LogP contribution in [0.25, 0.3) is 120 Å². The summed E-state index contributed by atoms with van der Waals surface area (Å²) in [4.78, 5) is 19.7. The van der Waals surface area contributed by atoms with Gasteiger partial charge in [-0.1, -0.05) is 164 Å². The fourth-order valence-electron chi connectivity index (χ4n) is 9.28. The number of nitrogens with zero attached hydrogens (tertiary/aromatic N) is 6. The number of hydrogen-bond donors (Lipinski definition) is 0. The molecule has 0 radical (unpaired) electrons. The summed E-state index contributed by atoms with van der Waals surface area (Å²) in [7, 11) is 0. The predicted molar refractivity (Wildman–Crippen MR) is 271 cm³/mol. The zero-order valence-corrected chi connectivity index (χ0v) is 36.0. The molecule has 0 spiro atoms. The number of fused-ring (bicyclic) bond motifs is 6. The molecule has 0 unspecified atom stereocenters. The van der Waals surface area contributed by atoms with Crippen molar-refractivity contribution in [3.05, 3.63) is 223 Å². The van der Waals surface area contributed by atoms with Gasteiger partial charge in [0.05, 0.1) is 34.9 Å². The average Bonchev–Trinajstić information content (AvgIpc) is 3.94.